The lowest BCUT2D eigenvalue weighted by atomic mass is 9.71. The fourth-order valence-electron chi connectivity index (χ4n) is 4.20. The van der Waals surface area contributed by atoms with E-state index in [1.54, 1.807) is 19.9 Å². The smallest absolute Gasteiger partial charge is 0.180 e. The van der Waals surface area contributed by atoms with Crippen molar-refractivity contribution in [3.05, 3.63) is 29.8 Å². The predicted octanol–water partition coefficient (Wildman–Crippen LogP) is 3.17. The summed E-state index contributed by atoms with van der Waals surface area (Å²) in [6.07, 6.45) is 2.59. The van der Waals surface area contributed by atoms with E-state index < -0.39 is 9.84 Å². The third-order valence-corrected chi connectivity index (χ3v) is 8.11. The van der Waals surface area contributed by atoms with E-state index in [2.05, 4.69) is 23.6 Å². The molecule has 0 unspecified atom stereocenters. The summed E-state index contributed by atoms with van der Waals surface area (Å²) in [7, 11) is -3.19. The van der Waals surface area contributed by atoms with Crippen molar-refractivity contribution in [1.82, 2.24) is 9.80 Å². The zero-order valence-corrected chi connectivity index (χ0v) is 16.8. The van der Waals surface area contributed by atoms with Crippen molar-refractivity contribution in [3.8, 4) is 0 Å². The molecule has 2 heterocycles. The lowest BCUT2D eigenvalue weighted by Crippen LogP contribution is -2.60. The zero-order valence-electron chi connectivity index (χ0n) is 16.0. The number of sulfone groups is 1. The van der Waals surface area contributed by atoms with Crippen LogP contribution in [0.5, 0.6) is 0 Å². The molecule has 0 aromatic heterocycles. The van der Waals surface area contributed by atoms with E-state index in [1.165, 1.54) is 25.9 Å². The van der Waals surface area contributed by atoms with Gasteiger partial charge in [-0.1, -0.05) is 12.1 Å². The highest BCUT2D eigenvalue weighted by atomic mass is 32.2. The molecule has 1 spiro atoms. The number of nitrogens with zero attached hydrogens (tertiary/aromatic N) is 2. The topological polar surface area (TPSA) is 40.6 Å². The Morgan fingerprint density at radius 1 is 1.08 bits per heavy atom. The van der Waals surface area contributed by atoms with Gasteiger partial charge in [-0.05, 0) is 76.7 Å². The van der Waals surface area contributed by atoms with Crippen molar-refractivity contribution >= 4 is 9.84 Å². The largest absolute Gasteiger partial charge is 0.301 e. The second kappa shape index (κ2) is 7.01. The normalized spacial score (nSPS) is 21.8. The lowest BCUT2D eigenvalue weighted by Gasteiger charge is -2.54. The van der Waals surface area contributed by atoms with Gasteiger partial charge in [0.2, 0.25) is 0 Å². The lowest BCUT2D eigenvalue weighted by molar-refractivity contribution is -0.0557. The highest BCUT2D eigenvalue weighted by Crippen LogP contribution is 2.41. The van der Waals surface area contributed by atoms with Crippen LogP contribution >= 0.6 is 0 Å². The minimum absolute atomic E-state index is 0.374. The summed E-state index contributed by atoms with van der Waals surface area (Å²) in [4.78, 5) is 5.50. The van der Waals surface area contributed by atoms with Gasteiger partial charge in [-0.3, -0.25) is 4.90 Å². The minimum Gasteiger partial charge on any atom is -0.301 e. The first kappa shape index (κ1) is 18.9. The van der Waals surface area contributed by atoms with Gasteiger partial charge in [0.15, 0.2) is 9.84 Å². The molecule has 1 aromatic rings. The molecule has 0 saturated carbocycles. The second-order valence-electron chi connectivity index (χ2n) is 8.52. The molecule has 0 atom stereocenters. The van der Waals surface area contributed by atoms with E-state index in [0.717, 1.165) is 25.2 Å². The standard InChI is InChI=1S/C20H32N2O2S/c1-16(2)22-10-8-20(9-11-22)14-21(15-20)13-18-6-5-7-19(12-18)25(23,24)17(3)4/h5-7,12,16-17H,8-11,13-15H2,1-4H3. The van der Waals surface area contributed by atoms with Gasteiger partial charge >= 0.3 is 0 Å². The van der Waals surface area contributed by atoms with E-state index in [4.69, 9.17) is 0 Å². The van der Waals surface area contributed by atoms with Crippen LogP contribution in [0.2, 0.25) is 0 Å². The third kappa shape index (κ3) is 3.93. The molecule has 0 bridgehead atoms. The van der Waals surface area contributed by atoms with Crippen molar-refractivity contribution in [2.24, 2.45) is 5.41 Å². The zero-order chi connectivity index (χ0) is 18.2. The number of hydrogen-bond donors (Lipinski definition) is 0. The highest BCUT2D eigenvalue weighted by Gasteiger charge is 2.44. The molecule has 2 fully saturated rings. The molecule has 0 N–H and O–H groups in total. The maximum atomic E-state index is 12.4. The Bertz CT molecular complexity index is 696. The fraction of sp³-hybridized carbons (Fsp3) is 0.700. The SMILES string of the molecule is CC(C)N1CCC2(CC1)CN(Cc1cccc(S(=O)(=O)C(C)C)c1)C2. The van der Waals surface area contributed by atoms with Crippen LogP contribution in [0.1, 0.15) is 46.1 Å². The molecule has 2 aliphatic heterocycles. The first-order valence-electron chi connectivity index (χ1n) is 9.51. The molecule has 140 valence electrons. The Morgan fingerprint density at radius 2 is 1.72 bits per heavy atom. The summed E-state index contributed by atoms with van der Waals surface area (Å²) in [5.41, 5.74) is 1.61. The molecular weight excluding hydrogens is 332 g/mol. The van der Waals surface area contributed by atoms with Crippen LogP contribution < -0.4 is 0 Å². The van der Waals surface area contributed by atoms with E-state index in [-0.39, 0.29) is 5.25 Å². The maximum Gasteiger partial charge on any atom is 0.180 e. The van der Waals surface area contributed by atoms with Gasteiger partial charge in [-0.25, -0.2) is 8.42 Å². The Morgan fingerprint density at radius 3 is 2.28 bits per heavy atom. The molecule has 0 aliphatic carbocycles. The van der Waals surface area contributed by atoms with E-state index >= 15 is 0 Å². The van der Waals surface area contributed by atoms with Crippen LogP contribution in [-0.4, -0.2) is 55.7 Å². The molecule has 5 heteroatoms. The van der Waals surface area contributed by atoms with Gasteiger partial charge in [0, 0.05) is 25.7 Å². The number of piperidine rings is 1. The van der Waals surface area contributed by atoms with Crippen LogP contribution in [0.15, 0.2) is 29.2 Å². The van der Waals surface area contributed by atoms with E-state index in [0.29, 0.717) is 16.4 Å². The summed E-state index contributed by atoms with van der Waals surface area (Å²) in [5, 5.41) is -0.374. The molecule has 3 rings (SSSR count). The van der Waals surface area contributed by atoms with Gasteiger partial charge < -0.3 is 4.90 Å². The Kier molecular flexibility index (Phi) is 5.29. The number of benzene rings is 1. The average Bonchev–Trinajstić information content (AvgIpc) is 2.54. The molecular formula is C20H32N2O2S. The molecule has 25 heavy (non-hydrogen) atoms. The summed E-state index contributed by atoms with van der Waals surface area (Å²) < 4.78 is 24.7. The van der Waals surface area contributed by atoms with Crippen molar-refractivity contribution < 1.29 is 8.42 Å². The molecule has 4 nitrogen and oxygen atoms in total. The minimum atomic E-state index is -3.19. The average molecular weight is 365 g/mol. The van der Waals surface area contributed by atoms with E-state index in [1.807, 2.05) is 18.2 Å². The summed E-state index contributed by atoms with van der Waals surface area (Å²) >= 11 is 0. The van der Waals surface area contributed by atoms with Gasteiger partial charge in [-0.15, -0.1) is 0 Å². The molecule has 2 aliphatic rings. The van der Waals surface area contributed by atoms with Crippen LogP contribution in [0.4, 0.5) is 0 Å². The van der Waals surface area contributed by atoms with Crippen molar-refractivity contribution in [1.29, 1.82) is 0 Å². The van der Waals surface area contributed by atoms with Crippen molar-refractivity contribution in [2.45, 2.75) is 63.3 Å². The first-order valence-corrected chi connectivity index (χ1v) is 11.1. The molecule has 1 aromatic carbocycles. The van der Waals surface area contributed by atoms with Gasteiger partial charge in [0.25, 0.3) is 0 Å². The van der Waals surface area contributed by atoms with Gasteiger partial charge in [-0.2, -0.15) is 0 Å². The number of likely N-dealkylation sites (tertiary alicyclic amines) is 2. The third-order valence-electron chi connectivity index (χ3n) is 5.96. The monoisotopic (exact) mass is 364 g/mol. The maximum absolute atomic E-state index is 12.4. The summed E-state index contributed by atoms with van der Waals surface area (Å²) in [6.45, 7) is 13.6. The number of rotatable bonds is 5. The molecule has 0 radical (unpaired) electrons. The van der Waals surface area contributed by atoms with Crippen molar-refractivity contribution in [2.75, 3.05) is 26.2 Å². The highest BCUT2D eigenvalue weighted by molar-refractivity contribution is 7.92. The van der Waals surface area contributed by atoms with Crippen molar-refractivity contribution in [3.63, 3.8) is 0 Å². The molecule has 0 amide bonds. The van der Waals surface area contributed by atoms with Crippen LogP contribution in [-0.2, 0) is 16.4 Å². The fourth-order valence-corrected chi connectivity index (χ4v) is 5.32. The Balaban J connectivity index is 1.58. The number of hydrogen-bond acceptors (Lipinski definition) is 4. The van der Waals surface area contributed by atoms with Crippen LogP contribution in [0.25, 0.3) is 0 Å². The first-order chi connectivity index (χ1) is 11.7. The Hall–Kier alpha value is -0.910. The molecule has 2 saturated heterocycles. The summed E-state index contributed by atoms with van der Waals surface area (Å²) in [5.74, 6) is 0. The Labute approximate surface area is 153 Å². The summed E-state index contributed by atoms with van der Waals surface area (Å²) in [6, 6.07) is 8.16. The van der Waals surface area contributed by atoms with Crippen LogP contribution in [0, 0.1) is 5.41 Å². The van der Waals surface area contributed by atoms with E-state index in [9.17, 15) is 8.42 Å². The van der Waals surface area contributed by atoms with Gasteiger partial charge in [0.1, 0.15) is 0 Å². The van der Waals surface area contributed by atoms with Gasteiger partial charge in [0.05, 0.1) is 10.1 Å². The second-order valence-corrected chi connectivity index (χ2v) is 11.0. The quantitative estimate of drug-likeness (QED) is 0.805. The van der Waals surface area contributed by atoms with Crippen LogP contribution in [0.3, 0.4) is 0 Å². The predicted molar refractivity (Wildman–Crippen MR) is 102 cm³/mol.